The summed E-state index contributed by atoms with van der Waals surface area (Å²) in [4.78, 5) is 9.20. The standard InChI is InChI=1S/C16H19N3OS/c1-16(2,3)15-17-11(10-21-15)8-19-13-7-5-4-6-12(13)18-14(19)9-20/h4-7,10,20H,8-9H2,1-3H3. The summed E-state index contributed by atoms with van der Waals surface area (Å²) in [5.74, 6) is 0.682. The van der Waals surface area contributed by atoms with E-state index in [4.69, 9.17) is 4.98 Å². The van der Waals surface area contributed by atoms with E-state index in [2.05, 4.69) is 31.1 Å². The number of rotatable bonds is 3. The summed E-state index contributed by atoms with van der Waals surface area (Å²) < 4.78 is 2.04. The molecule has 0 spiro atoms. The highest BCUT2D eigenvalue weighted by Crippen LogP contribution is 2.26. The molecule has 0 fully saturated rings. The summed E-state index contributed by atoms with van der Waals surface area (Å²) in [7, 11) is 0. The third kappa shape index (κ3) is 2.71. The van der Waals surface area contributed by atoms with Crippen LogP contribution in [0.5, 0.6) is 0 Å². The van der Waals surface area contributed by atoms with Gasteiger partial charge in [0, 0.05) is 10.8 Å². The van der Waals surface area contributed by atoms with Crippen LogP contribution in [0.15, 0.2) is 29.6 Å². The van der Waals surface area contributed by atoms with Crippen LogP contribution in [0.2, 0.25) is 0 Å². The molecule has 4 nitrogen and oxygen atoms in total. The number of fused-ring (bicyclic) bond motifs is 1. The van der Waals surface area contributed by atoms with E-state index >= 15 is 0 Å². The van der Waals surface area contributed by atoms with Crippen molar-refractivity contribution < 1.29 is 5.11 Å². The summed E-state index contributed by atoms with van der Waals surface area (Å²) in [5, 5.41) is 12.8. The molecule has 2 heterocycles. The molecular weight excluding hydrogens is 282 g/mol. The molecule has 0 bridgehead atoms. The average molecular weight is 301 g/mol. The predicted molar refractivity (Wildman–Crippen MR) is 85.6 cm³/mol. The lowest BCUT2D eigenvalue weighted by molar-refractivity contribution is 0.267. The number of hydrogen-bond acceptors (Lipinski definition) is 4. The van der Waals surface area contributed by atoms with Gasteiger partial charge < -0.3 is 9.67 Å². The maximum absolute atomic E-state index is 9.53. The van der Waals surface area contributed by atoms with Crippen molar-refractivity contribution in [3.63, 3.8) is 0 Å². The maximum atomic E-state index is 9.53. The minimum absolute atomic E-state index is 0.0645. The Kier molecular flexibility index (Phi) is 3.55. The van der Waals surface area contributed by atoms with Crippen molar-refractivity contribution in [3.8, 4) is 0 Å². The molecule has 3 aromatic rings. The van der Waals surface area contributed by atoms with Gasteiger partial charge in [0.05, 0.1) is 28.3 Å². The first kappa shape index (κ1) is 14.2. The molecule has 0 atom stereocenters. The molecule has 110 valence electrons. The molecule has 0 amide bonds. The summed E-state index contributed by atoms with van der Waals surface area (Å²) in [6.45, 7) is 7.08. The van der Waals surface area contributed by atoms with Crippen molar-refractivity contribution in [2.75, 3.05) is 0 Å². The van der Waals surface area contributed by atoms with Crippen LogP contribution in [0.3, 0.4) is 0 Å². The van der Waals surface area contributed by atoms with E-state index in [-0.39, 0.29) is 12.0 Å². The van der Waals surface area contributed by atoms with Crippen LogP contribution in [-0.2, 0) is 18.6 Å². The largest absolute Gasteiger partial charge is 0.388 e. The van der Waals surface area contributed by atoms with Gasteiger partial charge in [0.1, 0.15) is 12.4 Å². The zero-order chi connectivity index (χ0) is 15.0. The van der Waals surface area contributed by atoms with Crippen molar-refractivity contribution >= 4 is 22.4 Å². The molecule has 0 saturated carbocycles. The van der Waals surface area contributed by atoms with Gasteiger partial charge in [0.15, 0.2) is 0 Å². The molecule has 0 aliphatic carbocycles. The topological polar surface area (TPSA) is 50.9 Å². The first-order chi connectivity index (χ1) is 9.99. The van der Waals surface area contributed by atoms with E-state index < -0.39 is 0 Å². The Morgan fingerprint density at radius 3 is 2.62 bits per heavy atom. The Morgan fingerprint density at radius 1 is 1.19 bits per heavy atom. The fourth-order valence-corrected chi connectivity index (χ4v) is 3.21. The first-order valence-electron chi connectivity index (χ1n) is 6.99. The fourth-order valence-electron chi connectivity index (χ4n) is 2.31. The van der Waals surface area contributed by atoms with Crippen molar-refractivity contribution in [2.45, 2.75) is 39.3 Å². The van der Waals surface area contributed by atoms with E-state index in [0.29, 0.717) is 12.4 Å². The van der Waals surface area contributed by atoms with Crippen LogP contribution in [0, 0.1) is 0 Å². The van der Waals surface area contributed by atoms with Crippen LogP contribution >= 0.6 is 11.3 Å². The van der Waals surface area contributed by atoms with Gasteiger partial charge in [-0.05, 0) is 12.1 Å². The average Bonchev–Trinajstić information content (AvgIpc) is 3.04. The van der Waals surface area contributed by atoms with Crippen molar-refractivity contribution in [2.24, 2.45) is 0 Å². The molecule has 0 aliphatic heterocycles. The number of imidazole rings is 1. The summed E-state index contributed by atoms with van der Waals surface area (Å²) in [6, 6.07) is 7.94. The summed E-state index contributed by atoms with van der Waals surface area (Å²) in [6.07, 6.45) is 0. The van der Waals surface area contributed by atoms with Gasteiger partial charge >= 0.3 is 0 Å². The van der Waals surface area contributed by atoms with Crippen molar-refractivity contribution in [3.05, 3.63) is 46.2 Å². The summed E-state index contributed by atoms with van der Waals surface area (Å²) in [5.41, 5.74) is 3.03. The highest BCUT2D eigenvalue weighted by molar-refractivity contribution is 7.09. The minimum atomic E-state index is -0.0645. The van der Waals surface area contributed by atoms with Crippen LogP contribution in [-0.4, -0.2) is 19.6 Å². The van der Waals surface area contributed by atoms with Crippen LogP contribution in [0.4, 0.5) is 0 Å². The second-order valence-corrected chi connectivity index (χ2v) is 7.01. The molecule has 5 heteroatoms. The number of nitrogens with zero attached hydrogens (tertiary/aromatic N) is 3. The monoisotopic (exact) mass is 301 g/mol. The van der Waals surface area contributed by atoms with Gasteiger partial charge in [-0.3, -0.25) is 0 Å². The SMILES string of the molecule is CC(C)(C)c1nc(Cn2c(CO)nc3ccccc32)cs1. The number of thiazole rings is 1. The molecule has 1 N–H and O–H groups in total. The zero-order valence-corrected chi connectivity index (χ0v) is 13.3. The molecule has 0 aliphatic rings. The van der Waals surface area contributed by atoms with Gasteiger partial charge in [-0.1, -0.05) is 32.9 Å². The Morgan fingerprint density at radius 2 is 1.95 bits per heavy atom. The van der Waals surface area contributed by atoms with E-state index in [9.17, 15) is 5.11 Å². The first-order valence-corrected chi connectivity index (χ1v) is 7.87. The summed E-state index contributed by atoms with van der Waals surface area (Å²) >= 11 is 1.69. The van der Waals surface area contributed by atoms with Crippen molar-refractivity contribution in [1.82, 2.24) is 14.5 Å². The van der Waals surface area contributed by atoms with E-state index in [1.807, 2.05) is 28.8 Å². The Balaban J connectivity index is 1.99. The molecule has 21 heavy (non-hydrogen) atoms. The van der Waals surface area contributed by atoms with E-state index in [0.717, 1.165) is 21.7 Å². The normalized spacial score (nSPS) is 12.2. The zero-order valence-electron chi connectivity index (χ0n) is 12.5. The van der Waals surface area contributed by atoms with Crippen LogP contribution in [0.1, 0.15) is 37.3 Å². The van der Waals surface area contributed by atoms with Gasteiger partial charge in [-0.25, -0.2) is 9.97 Å². The smallest absolute Gasteiger partial charge is 0.136 e. The Labute approximate surface area is 128 Å². The maximum Gasteiger partial charge on any atom is 0.136 e. The Hall–Kier alpha value is -1.72. The molecule has 0 unspecified atom stereocenters. The quantitative estimate of drug-likeness (QED) is 0.807. The number of aliphatic hydroxyl groups excluding tert-OH is 1. The number of aliphatic hydroxyl groups is 1. The second-order valence-electron chi connectivity index (χ2n) is 6.16. The highest BCUT2D eigenvalue weighted by atomic mass is 32.1. The number of benzene rings is 1. The Bertz CT molecular complexity index is 767. The van der Waals surface area contributed by atoms with Crippen LogP contribution in [0.25, 0.3) is 11.0 Å². The lowest BCUT2D eigenvalue weighted by Gasteiger charge is -2.13. The lowest BCUT2D eigenvalue weighted by atomic mass is 9.98. The third-order valence-electron chi connectivity index (χ3n) is 3.39. The molecule has 0 radical (unpaired) electrons. The molecular formula is C16H19N3OS. The molecule has 0 saturated heterocycles. The van der Waals surface area contributed by atoms with Gasteiger partial charge in [-0.15, -0.1) is 11.3 Å². The molecule has 1 aromatic carbocycles. The third-order valence-corrected chi connectivity index (χ3v) is 4.71. The predicted octanol–water partition coefficient (Wildman–Crippen LogP) is 3.33. The van der Waals surface area contributed by atoms with Crippen LogP contribution < -0.4 is 0 Å². The van der Waals surface area contributed by atoms with E-state index in [1.54, 1.807) is 11.3 Å². The van der Waals surface area contributed by atoms with Gasteiger partial charge in [0.25, 0.3) is 0 Å². The van der Waals surface area contributed by atoms with Gasteiger partial charge in [0.2, 0.25) is 0 Å². The minimum Gasteiger partial charge on any atom is -0.388 e. The number of para-hydroxylation sites is 2. The number of hydrogen-bond donors (Lipinski definition) is 1. The molecule has 3 rings (SSSR count). The second kappa shape index (κ2) is 5.24. The van der Waals surface area contributed by atoms with Gasteiger partial charge in [-0.2, -0.15) is 0 Å². The lowest BCUT2D eigenvalue weighted by Crippen LogP contribution is -2.11. The van der Waals surface area contributed by atoms with E-state index in [1.165, 1.54) is 0 Å². The number of aromatic nitrogens is 3. The highest BCUT2D eigenvalue weighted by Gasteiger charge is 2.19. The van der Waals surface area contributed by atoms with Crippen molar-refractivity contribution in [1.29, 1.82) is 0 Å². The molecule has 2 aromatic heterocycles. The fraction of sp³-hybridized carbons (Fsp3) is 0.375.